The van der Waals surface area contributed by atoms with Gasteiger partial charge in [-0.2, -0.15) is 0 Å². The number of piperidine rings is 1. The number of benzene rings is 2. The van der Waals surface area contributed by atoms with E-state index >= 15 is 0 Å². The van der Waals surface area contributed by atoms with Crippen molar-refractivity contribution in [2.75, 3.05) is 25.5 Å². The lowest BCUT2D eigenvalue weighted by Crippen LogP contribution is -2.45. The van der Waals surface area contributed by atoms with E-state index in [0.29, 0.717) is 47.1 Å². The molecular formula is C26H25ClFN5O4. The van der Waals surface area contributed by atoms with Crippen molar-refractivity contribution < 1.29 is 23.2 Å². The zero-order valence-corrected chi connectivity index (χ0v) is 21.1. The fourth-order valence-corrected chi connectivity index (χ4v) is 4.52. The topological polar surface area (TPSA) is 103 Å². The number of nitrogens with one attached hydrogen (secondary N) is 1. The van der Waals surface area contributed by atoms with Crippen molar-refractivity contribution in [3.05, 3.63) is 65.0 Å². The molecular weight excluding hydrogens is 501 g/mol. The largest absolute Gasteiger partial charge is 0.493 e. The average molecular weight is 526 g/mol. The number of aryl methyl sites for hydroxylation is 1. The van der Waals surface area contributed by atoms with Gasteiger partial charge in [0.15, 0.2) is 17.3 Å². The third-order valence-corrected chi connectivity index (χ3v) is 6.44. The fourth-order valence-electron chi connectivity index (χ4n) is 4.34. The lowest BCUT2D eigenvalue weighted by molar-refractivity contribution is -0.133. The molecule has 1 aliphatic rings. The van der Waals surface area contributed by atoms with Gasteiger partial charge in [-0.25, -0.2) is 14.4 Å². The lowest BCUT2D eigenvalue weighted by Gasteiger charge is -2.33. The Morgan fingerprint density at radius 1 is 1.27 bits per heavy atom. The van der Waals surface area contributed by atoms with Gasteiger partial charge in [-0.05, 0) is 38.0 Å². The van der Waals surface area contributed by atoms with E-state index in [9.17, 15) is 9.18 Å². The summed E-state index contributed by atoms with van der Waals surface area (Å²) in [7, 11) is 1.55. The SMILES string of the molecule is COc1cc2ncnc(Nc3cccc(Cl)c3F)c2cc1OC1CCCN(C(=O)Cc2cc(C)no2)C1. The Morgan fingerprint density at radius 2 is 2.14 bits per heavy atom. The Kier molecular flexibility index (Phi) is 7.09. The molecule has 1 amide bonds. The first-order valence-corrected chi connectivity index (χ1v) is 12.2. The average Bonchev–Trinajstić information content (AvgIpc) is 3.31. The van der Waals surface area contributed by atoms with Gasteiger partial charge in [-0.1, -0.05) is 22.8 Å². The summed E-state index contributed by atoms with van der Waals surface area (Å²) in [5.74, 6) is 1.28. The summed E-state index contributed by atoms with van der Waals surface area (Å²) in [4.78, 5) is 23.2. The summed E-state index contributed by atoms with van der Waals surface area (Å²) in [6.45, 7) is 2.89. The summed E-state index contributed by atoms with van der Waals surface area (Å²) < 4.78 is 31.6. The van der Waals surface area contributed by atoms with E-state index in [-0.39, 0.29) is 29.1 Å². The van der Waals surface area contributed by atoms with Crippen LogP contribution in [0.1, 0.15) is 24.3 Å². The van der Waals surface area contributed by atoms with Gasteiger partial charge in [0.2, 0.25) is 5.91 Å². The normalized spacial score (nSPS) is 15.6. The van der Waals surface area contributed by atoms with Gasteiger partial charge in [-0.15, -0.1) is 0 Å². The first kappa shape index (κ1) is 24.8. The minimum absolute atomic E-state index is 0.00361. The van der Waals surface area contributed by atoms with Crippen molar-refractivity contribution >= 4 is 39.9 Å². The number of amides is 1. The van der Waals surface area contributed by atoms with E-state index in [1.54, 1.807) is 42.3 Å². The van der Waals surface area contributed by atoms with Gasteiger partial charge in [0, 0.05) is 24.1 Å². The van der Waals surface area contributed by atoms with Gasteiger partial charge in [0.1, 0.15) is 24.0 Å². The molecule has 0 saturated carbocycles. The van der Waals surface area contributed by atoms with Crippen molar-refractivity contribution in [1.82, 2.24) is 20.0 Å². The van der Waals surface area contributed by atoms with Gasteiger partial charge >= 0.3 is 0 Å². The maximum absolute atomic E-state index is 14.5. The van der Waals surface area contributed by atoms with Crippen molar-refractivity contribution in [3.8, 4) is 11.5 Å². The second-order valence-corrected chi connectivity index (χ2v) is 9.21. The Hall–Kier alpha value is -3.92. The van der Waals surface area contributed by atoms with E-state index in [0.717, 1.165) is 18.5 Å². The van der Waals surface area contributed by atoms with Crippen molar-refractivity contribution in [1.29, 1.82) is 0 Å². The summed E-state index contributed by atoms with van der Waals surface area (Å²) in [6.07, 6.45) is 2.86. The van der Waals surface area contributed by atoms with Crippen LogP contribution in [-0.2, 0) is 11.2 Å². The summed E-state index contributed by atoms with van der Waals surface area (Å²) in [5.41, 5.74) is 1.52. The Labute approximate surface area is 217 Å². The third kappa shape index (κ3) is 5.43. The molecule has 1 fully saturated rings. The Bertz CT molecular complexity index is 1450. The van der Waals surface area contributed by atoms with Crippen LogP contribution in [0.2, 0.25) is 5.02 Å². The number of rotatable bonds is 7. The number of ether oxygens (including phenoxy) is 2. The van der Waals surface area contributed by atoms with E-state index in [1.165, 1.54) is 12.4 Å². The first-order chi connectivity index (χ1) is 17.9. The summed E-state index contributed by atoms with van der Waals surface area (Å²) in [6, 6.07) is 9.96. The summed E-state index contributed by atoms with van der Waals surface area (Å²) in [5, 5.41) is 7.46. The maximum Gasteiger partial charge on any atom is 0.230 e. The minimum atomic E-state index is -0.576. The Balaban J connectivity index is 1.37. The smallest absolute Gasteiger partial charge is 0.230 e. The van der Waals surface area contributed by atoms with Crippen LogP contribution in [0.3, 0.4) is 0 Å². The molecule has 11 heteroatoms. The molecule has 4 aromatic rings. The number of nitrogens with zero attached hydrogens (tertiary/aromatic N) is 4. The van der Waals surface area contributed by atoms with E-state index in [2.05, 4.69) is 20.4 Å². The molecule has 2 aromatic heterocycles. The van der Waals surface area contributed by atoms with Crippen LogP contribution in [-0.4, -0.2) is 52.2 Å². The molecule has 1 saturated heterocycles. The lowest BCUT2D eigenvalue weighted by atomic mass is 10.1. The van der Waals surface area contributed by atoms with E-state index in [4.69, 9.17) is 25.6 Å². The summed E-state index contributed by atoms with van der Waals surface area (Å²) >= 11 is 5.93. The van der Waals surface area contributed by atoms with Gasteiger partial charge in [-0.3, -0.25) is 4.79 Å². The molecule has 9 nitrogen and oxygen atoms in total. The highest BCUT2D eigenvalue weighted by molar-refractivity contribution is 6.31. The molecule has 192 valence electrons. The number of carbonyl (C=O) groups is 1. The van der Waals surface area contributed by atoms with Gasteiger partial charge < -0.3 is 24.2 Å². The molecule has 1 aliphatic heterocycles. The molecule has 3 heterocycles. The molecule has 1 atom stereocenters. The van der Waals surface area contributed by atoms with Crippen LogP contribution in [0, 0.1) is 12.7 Å². The molecule has 5 rings (SSSR count). The number of fused-ring (bicyclic) bond motifs is 1. The van der Waals surface area contributed by atoms with Crippen LogP contribution in [0.15, 0.2) is 47.2 Å². The molecule has 0 radical (unpaired) electrons. The molecule has 1 N–H and O–H groups in total. The highest BCUT2D eigenvalue weighted by Crippen LogP contribution is 2.36. The number of anilines is 2. The molecule has 0 bridgehead atoms. The van der Waals surface area contributed by atoms with Crippen molar-refractivity contribution in [3.63, 3.8) is 0 Å². The standard InChI is InChI=1S/C26H25ClFN5O4/c1-15-9-17(37-32-15)10-24(34)33-8-4-5-16(13-33)36-23-11-18-21(12-22(23)35-2)29-14-30-26(18)31-20-7-3-6-19(27)25(20)28/h3,6-7,9,11-12,14,16H,4-5,8,10,13H2,1-2H3,(H,29,30,31). The number of aromatic nitrogens is 3. The van der Waals surface area contributed by atoms with Crippen LogP contribution in [0.4, 0.5) is 15.9 Å². The minimum Gasteiger partial charge on any atom is -0.493 e. The fraction of sp³-hybridized carbons (Fsp3) is 0.308. The second kappa shape index (κ2) is 10.6. The predicted molar refractivity (Wildman–Crippen MR) is 136 cm³/mol. The zero-order chi connectivity index (χ0) is 25.9. The number of methoxy groups -OCH3 is 1. The zero-order valence-electron chi connectivity index (χ0n) is 20.3. The molecule has 0 spiro atoms. The quantitative estimate of drug-likeness (QED) is 0.356. The second-order valence-electron chi connectivity index (χ2n) is 8.80. The number of hydrogen-bond donors (Lipinski definition) is 1. The predicted octanol–water partition coefficient (Wildman–Crippen LogP) is 5.08. The Morgan fingerprint density at radius 3 is 2.92 bits per heavy atom. The van der Waals surface area contributed by atoms with Crippen LogP contribution >= 0.6 is 11.6 Å². The monoisotopic (exact) mass is 525 g/mol. The number of hydrogen-bond acceptors (Lipinski definition) is 8. The van der Waals surface area contributed by atoms with Crippen LogP contribution < -0.4 is 14.8 Å². The molecule has 1 unspecified atom stereocenters. The van der Waals surface area contributed by atoms with E-state index < -0.39 is 5.82 Å². The molecule has 37 heavy (non-hydrogen) atoms. The number of halogens is 2. The highest BCUT2D eigenvalue weighted by Gasteiger charge is 2.27. The van der Waals surface area contributed by atoms with Crippen LogP contribution in [0.25, 0.3) is 10.9 Å². The van der Waals surface area contributed by atoms with E-state index in [1.807, 2.05) is 6.92 Å². The molecule has 2 aromatic carbocycles. The van der Waals surface area contributed by atoms with Gasteiger partial charge in [0.25, 0.3) is 0 Å². The van der Waals surface area contributed by atoms with Crippen LogP contribution in [0.5, 0.6) is 11.5 Å². The third-order valence-electron chi connectivity index (χ3n) is 6.15. The first-order valence-electron chi connectivity index (χ1n) is 11.8. The van der Waals surface area contributed by atoms with Crippen molar-refractivity contribution in [2.24, 2.45) is 0 Å². The molecule has 0 aliphatic carbocycles. The highest BCUT2D eigenvalue weighted by atomic mass is 35.5. The van der Waals surface area contributed by atoms with Crippen molar-refractivity contribution in [2.45, 2.75) is 32.3 Å². The number of carbonyl (C=O) groups excluding carboxylic acids is 1. The number of likely N-dealkylation sites (tertiary alicyclic amines) is 1. The maximum atomic E-state index is 14.5. The van der Waals surface area contributed by atoms with Gasteiger partial charge in [0.05, 0.1) is 42.0 Å².